The molecule has 2 rings (SSSR count). The Balaban J connectivity index is 1.93. The predicted octanol–water partition coefficient (Wildman–Crippen LogP) is 4.00. The Hall–Kier alpha value is -1.72. The molecule has 4 nitrogen and oxygen atoms in total. The minimum atomic E-state index is -0.342. The zero-order valence-electron chi connectivity index (χ0n) is 11.8. The molecular formula is C16H17BrN2O2. The third kappa shape index (κ3) is 4.37. The van der Waals surface area contributed by atoms with Crippen LogP contribution in [0.3, 0.4) is 0 Å². The van der Waals surface area contributed by atoms with Crippen LogP contribution in [0.4, 0.5) is 5.69 Å². The van der Waals surface area contributed by atoms with Gasteiger partial charge in [0.05, 0.1) is 4.92 Å². The average molecular weight is 349 g/mol. The topological polar surface area (TPSA) is 55.2 Å². The molecule has 21 heavy (non-hydrogen) atoms. The Labute approximate surface area is 132 Å². The molecule has 0 unspecified atom stereocenters. The van der Waals surface area contributed by atoms with Gasteiger partial charge in [0, 0.05) is 22.6 Å². The first-order valence-electron chi connectivity index (χ1n) is 6.76. The summed E-state index contributed by atoms with van der Waals surface area (Å²) in [5, 5.41) is 14.3. The van der Waals surface area contributed by atoms with Gasteiger partial charge < -0.3 is 5.32 Å². The van der Waals surface area contributed by atoms with E-state index in [1.165, 1.54) is 17.2 Å². The van der Waals surface area contributed by atoms with E-state index in [0.717, 1.165) is 17.4 Å². The lowest BCUT2D eigenvalue weighted by Crippen LogP contribution is -2.17. The van der Waals surface area contributed by atoms with Crippen molar-refractivity contribution in [2.45, 2.75) is 19.9 Å². The summed E-state index contributed by atoms with van der Waals surface area (Å²) in [6.45, 7) is 3.37. The smallest absolute Gasteiger partial charge is 0.273 e. The second kappa shape index (κ2) is 7.33. The summed E-state index contributed by atoms with van der Waals surface area (Å²) in [6.07, 6.45) is 0.911. The summed E-state index contributed by atoms with van der Waals surface area (Å²) in [7, 11) is 0. The van der Waals surface area contributed by atoms with Crippen molar-refractivity contribution in [1.29, 1.82) is 0 Å². The van der Waals surface area contributed by atoms with Crippen LogP contribution in [0.5, 0.6) is 0 Å². The zero-order valence-corrected chi connectivity index (χ0v) is 13.4. The molecular weight excluding hydrogens is 332 g/mol. The average Bonchev–Trinajstić information content (AvgIpc) is 2.45. The number of nitro groups is 1. The van der Waals surface area contributed by atoms with Crippen LogP contribution in [0.15, 0.2) is 46.9 Å². The number of rotatable bonds is 6. The first-order valence-corrected chi connectivity index (χ1v) is 7.55. The number of hydrogen-bond donors (Lipinski definition) is 1. The first kappa shape index (κ1) is 15.7. The van der Waals surface area contributed by atoms with Gasteiger partial charge in [0.25, 0.3) is 5.69 Å². The van der Waals surface area contributed by atoms with Crippen molar-refractivity contribution in [1.82, 2.24) is 5.32 Å². The maximum atomic E-state index is 11.0. The van der Waals surface area contributed by atoms with Crippen LogP contribution in [-0.4, -0.2) is 11.5 Å². The molecule has 0 aliphatic heterocycles. The van der Waals surface area contributed by atoms with E-state index in [0.29, 0.717) is 12.1 Å². The number of halogens is 1. The number of hydrogen-bond acceptors (Lipinski definition) is 3. The lowest BCUT2D eigenvalue weighted by Gasteiger charge is -2.08. The van der Waals surface area contributed by atoms with Crippen molar-refractivity contribution < 1.29 is 4.92 Å². The predicted molar refractivity (Wildman–Crippen MR) is 87.4 cm³/mol. The first-order chi connectivity index (χ1) is 10.1. The number of benzene rings is 2. The molecule has 0 atom stereocenters. The second-order valence-corrected chi connectivity index (χ2v) is 5.80. The van der Waals surface area contributed by atoms with Crippen LogP contribution in [0, 0.1) is 17.0 Å². The van der Waals surface area contributed by atoms with E-state index >= 15 is 0 Å². The van der Waals surface area contributed by atoms with Gasteiger partial charge in [-0.05, 0) is 43.1 Å². The molecule has 0 aliphatic carbocycles. The molecule has 2 aromatic rings. The fourth-order valence-electron chi connectivity index (χ4n) is 2.21. The fourth-order valence-corrected chi connectivity index (χ4v) is 2.62. The Morgan fingerprint density at radius 3 is 2.67 bits per heavy atom. The van der Waals surface area contributed by atoms with E-state index < -0.39 is 0 Å². The summed E-state index contributed by atoms with van der Waals surface area (Å²) < 4.78 is 0.851. The Morgan fingerprint density at radius 1 is 1.19 bits per heavy atom. The van der Waals surface area contributed by atoms with Gasteiger partial charge in [-0.1, -0.05) is 40.2 Å². The standard InChI is InChI=1S/C16H17BrN2O2/c1-12-4-2-3-5-13(12)8-9-18-11-14-10-15(17)6-7-16(14)19(20)21/h2-7,10,18H,8-9,11H2,1H3. The van der Waals surface area contributed by atoms with Crippen molar-refractivity contribution in [3.05, 3.63) is 73.7 Å². The number of nitrogens with zero attached hydrogens (tertiary/aromatic N) is 1. The molecule has 1 N–H and O–H groups in total. The second-order valence-electron chi connectivity index (χ2n) is 4.88. The minimum absolute atomic E-state index is 0.154. The highest BCUT2D eigenvalue weighted by atomic mass is 79.9. The van der Waals surface area contributed by atoms with Gasteiger partial charge in [-0.25, -0.2) is 0 Å². The number of nitrogens with one attached hydrogen (secondary N) is 1. The van der Waals surface area contributed by atoms with E-state index in [1.807, 2.05) is 12.1 Å². The van der Waals surface area contributed by atoms with Gasteiger partial charge in [-0.3, -0.25) is 10.1 Å². The fraction of sp³-hybridized carbons (Fsp3) is 0.250. The van der Waals surface area contributed by atoms with Crippen LogP contribution in [0.25, 0.3) is 0 Å². The van der Waals surface area contributed by atoms with E-state index in [1.54, 1.807) is 12.1 Å². The highest BCUT2D eigenvalue weighted by Gasteiger charge is 2.13. The van der Waals surface area contributed by atoms with E-state index in [-0.39, 0.29) is 10.6 Å². The SMILES string of the molecule is Cc1ccccc1CCNCc1cc(Br)ccc1[N+](=O)[O-]. The molecule has 0 aromatic heterocycles. The number of nitro benzene ring substituents is 1. The molecule has 5 heteroatoms. The maximum Gasteiger partial charge on any atom is 0.273 e. The molecule has 0 saturated heterocycles. The zero-order chi connectivity index (χ0) is 15.2. The molecule has 0 heterocycles. The van der Waals surface area contributed by atoms with E-state index in [4.69, 9.17) is 0 Å². The highest BCUT2D eigenvalue weighted by Crippen LogP contribution is 2.22. The van der Waals surface area contributed by atoms with Gasteiger partial charge in [0.15, 0.2) is 0 Å². The molecule has 0 aliphatic rings. The van der Waals surface area contributed by atoms with Crippen LogP contribution in [-0.2, 0) is 13.0 Å². The summed E-state index contributed by atoms with van der Waals surface area (Å²) in [4.78, 5) is 10.7. The van der Waals surface area contributed by atoms with Gasteiger partial charge in [-0.2, -0.15) is 0 Å². The normalized spacial score (nSPS) is 10.6. The summed E-state index contributed by atoms with van der Waals surface area (Å²) in [5.74, 6) is 0. The third-order valence-corrected chi connectivity index (χ3v) is 3.88. The lowest BCUT2D eigenvalue weighted by atomic mass is 10.1. The van der Waals surface area contributed by atoms with Crippen LogP contribution in [0.1, 0.15) is 16.7 Å². The molecule has 0 amide bonds. The molecule has 110 valence electrons. The van der Waals surface area contributed by atoms with Crippen molar-refractivity contribution in [2.75, 3.05) is 6.54 Å². The summed E-state index contributed by atoms with van der Waals surface area (Å²) in [5.41, 5.74) is 3.42. The van der Waals surface area contributed by atoms with E-state index in [2.05, 4.69) is 40.3 Å². The summed E-state index contributed by atoms with van der Waals surface area (Å²) >= 11 is 3.35. The minimum Gasteiger partial charge on any atom is -0.312 e. The van der Waals surface area contributed by atoms with Gasteiger partial charge in [0.1, 0.15) is 0 Å². The Morgan fingerprint density at radius 2 is 1.95 bits per heavy atom. The third-order valence-electron chi connectivity index (χ3n) is 3.39. The molecule has 0 bridgehead atoms. The summed E-state index contributed by atoms with van der Waals surface area (Å²) in [6, 6.07) is 13.3. The van der Waals surface area contributed by atoms with E-state index in [9.17, 15) is 10.1 Å². The van der Waals surface area contributed by atoms with Crippen LogP contribution < -0.4 is 5.32 Å². The van der Waals surface area contributed by atoms with Crippen LogP contribution >= 0.6 is 15.9 Å². The van der Waals surface area contributed by atoms with Gasteiger partial charge in [-0.15, -0.1) is 0 Å². The van der Waals surface area contributed by atoms with Gasteiger partial charge >= 0.3 is 0 Å². The van der Waals surface area contributed by atoms with Crippen molar-refractivity contribution in [2.24, 2.45) is 0 Å². The molecule has 0 saturated carbocycles. The molecule has 0 fully saturated rings. The lowest BCUT2D eigenvalue weighted by molar-refractivity contribution is -0.385. The van der Waals surface area contributed by atoms with Gasteiger partial charge in [0.2, 0.25) is 0 Å². The monoisotopic (exact) mass is 348 g/mol. The Kier molecular flexibility index (Phi) is 5.47. The van der Waals surface area contributed by atoms with Crippen molar-refractivity contribution in [3.63, 3.8) is 0 Å². The largest absolute Gasteiger partial charge is 0.312 e. The quantitative estimate of drug-likeness (QED) is 0.487. The highest BCUT2D eigenvalue weighted by molar-refractivity contribution is 9.10. The molecule has 0 radical (unpaired) electrons. The Bertz CT molecular complexity index is 644. The van der Waals surface area contributed by atoms with Crippen molar-refractivity contribution in [3.8, 4) is 0 Å². The van der Waals surface area contributed by atoms with Crippen LogP contribution in [0.2, 0.25) is 0 Å². The molecule has 2 aromatic carbocycles. The maximum absolute atomic E-state index is 11.0. The van der Waals surface area contributed by atoms with Crippen molar-refractivity contribution >= 4 is 21.6 Å². The molecule has 0 spiro atoms. The number of aryl methyl sites for hydroxylation is 1.